The van der Waals surface area contributed by atoms with E-state index < -0.39 is 0 Å². The number of ether oxygens (including phenoxy) is 1. The maximum Gasteiger partial charge on any atom is 0.162 e. The Bertz CT molecular complexity index is 889. The van der Waals surface area contributed by atoms with E-state index in [4.69, 9.17) is 21.3 Å². The predicted molar refractivity (Wildman–Crippen MR) is 117 cm³/mol. The molecule has 2 heterocycles. The second kappa shape index (κ2) is 8.34. The van der Waals surface area contributed by atoms with Gasteiger partial charge in [-0.05, 0) is 43.1 Å². The van der Waals surface area contributed by atoms with Crippen LogP contribution in [0.3, 0.4) is 0 Å². The molecule has 1 fully saturated rings. The van der Waals surface area contributed by atoms with Crippen molar-refractivity contribution in [2.24, 2.45) is 4.99 Å². The molecule has 29 heavy (non-hydrogen) atoms. The van der Waals surface area contributed by atoms with Crippen LogP contribution >= 0.6 is 11.6 Å². The van der Waals surface area contributed by atoms with E-state index in [2.05, 4.69) is 17.1 Å². The third-order valence-electron chi connectivity index (χ3n) is 6.12. The fourth-order valence-electron chi connectivity index (χ4n) is 4.40. The van der Waals surface area contributed by atoms with Gasteiger partial charge in [-0.15, -0.1) is 0 Å². The highest BCUT2D eigenvalue weighted by atomic mass is 35.5. The van der Waals surface area contributed by atoms with Crippen molar-refractivity contribution in [3.8, 4) is 11.5 Å². The van der Waals surface area contributed by atoms with Crippen LogP contribution in [0.4, 0.5) is 0 Å². The van der Waals surface area contributed by atoms with Crippen LogP contribution in [-0.4, -0.2) is 48.1 Å². The van der Waals surface area contributed by atoms with E-state index in [1.807, 2.05) is 36.4 Å². The molecule has 5 nitrogen and oxygen atoms in total. The minimum Gasteiger partial charge on any atom is -0.504 e. The molecule has 6 heteroatoms. The number of hydrogen-bond acceptors (Lipinski definition) is 5. The number of aliphatic imine (C=N–C) groups is 1. The smallest absolute Gasteiger partial charge is 0.162 e. The van der Waals surface area contributed by atoms with E-state index in [1.54, 1.807) is 13.2 Å². The molecular formula is C23H28ClN3O2. The number of piperidine rings is 1. The molecule has 0 bridgehead atoms. The monoisotopic (exact) mass is 413 g/mol. The number of nitrogens with one attached hydrogen (secondary N) is 1. The largest absolute Gasteiger partial charge is 0.504 e. The first-order valence-electron chi connectivity index (χ1n) is 10.2. The summed E-state index contributed by atoms with van der Waals surface area (Å²) >= 11 is 6.10. The van der Waals surface area contributed by atoms with Crippen LogP contribution in [0.2, 0.25) is 5.02 Å². The van der Waals surface area contributed by atoms with Gasteiger partial charge in [0.25, 0.3) is 0 Å². The fourth-order valence-corrected chi connectivity index (χ4v) is 4.52. The van der Waals surface area contributed by atoms with Crippen molar-refractivity contribution in [1.29, 1.82) is 0 Å². The van der Waals surface area contributed by atoms with Crippen LogP contribution in [0.25, 0.3) is 0 Å². The number of aromatic hydroxyl groups is 1. The molecule has 154 valence electrons. The molecule has 1 spiro atoms. The maximum atomic E-state index is 10.8. The first kappa shape index (κ1) is 20.2. The van der Waals surface area contributed by atoms with E-state index in [9.17, 15) is 5.11 Å². The number of nitrogens with zero attached hydrogens (tertiary/aromatic N) is 2. The molecule has 4 rings (SSSR count). The highest BCUT2D eigenvalue weighted by Crippen LogP contribution is 2.40. The van der Waals surface area contributed by atoms with E-state index in [0.717, 1.165) is 54.3 Å². The summed E-state index contributed by atoms with van der Waals surface area (Å²) in [5.41, 5.74) is 2.67. The molecular weight excluding hydrogens is 386 g/mol. The highest BCUT2D eigenvalue weighted by molar-refractivity contribution is 6.30. The Morgan fingerprint density at radius 2 is 1.93 bits per heavy atom. The van der Waals surface area contributed by atoms with Gasteiger partial charge in [0, 0.05) is 41.8 Å². The Morgan fingerprint density at radius 1 is 1.21 bits per heavy atom. The van der Waals surface area contributed by atoms with Gasteiger partial charge in [0.1, 0.15) is 5.66 Å². The van der Waals surface area contributed by atoms with Crippen molar-refractivity contribution in [3.63, 3.8) is 0 Å². The zero-order valence-electron chi connectivity index (χ0n) is 17.0. The summed E-state index contributed by atoms with van der Waals surface area (Å²) in [6.45, 7) is 5.28. The zero-order chi connectivity index (χ0) is 20.4. The quantitative estimate of drug-likeness (QED) is 0.780. The predicted octanol–water partition coefficient (Wildman–Crippen LogP) is 4.39. The average molecular weight is 414 g/mol. The van der Waals surface area contributed by atoms with Crippen molar-refractivity contribution >= 4 is 17.3 Å². The van der Waals surface area contributed by atoms with Crippen LogP contribution in [-0.2, 0) is 0 Å². The highest BCUT2D eigenvalue weighted by Gasteiger charge is 2.40. The third-order valence-corrected chi connectivity index (χ3v) is 6.37. The van der Waals surface area contributed by atoms with Crippen molar-refractivity contribution in [2.45, 2.75) is 37.9 Å². The van der Waals surface area contributed by atoms with Gasteiger partial charge in [-0.25, -0.2) is 0 Å². The summed E-state index contributed by atoms with van der Waals surface area (Å²) < 4.78 is 5.34. The van der Waals surface area contributed by atoms with E-state index in [1.165, 1.54) is 0 Å². The van der Waals surface area contributed by atoms with Gasteiger partial charge in [-0.2, -0.15) is 0 Å². The second-order valence-corrected chi connectivity index (χ2v) is 8.27. The van der Waals surface area contributed by atoms with Gasteiger partial charge in [-0.3, -0.25) is 10.3 Å². The molecule has 2 aromatic rings. The first-order chi connectivity index (χ1) is 14.0. The lowest BCUT2D eigenvalue weighted by Gasteiger charge is -2.45. The van der Waals surface area contributed by atoms with E-state index >= 15 is 0 Å². The number of methoxy groups -OCH3 is 1. The summed E-state index contributed by atoms with van der Waals surface area (Å²) in [6, 6.07) is 13.5. The van der Waals surface area contributed by atoms with Crippen LogP contribution in [0, 0.1) is 0 Å². The molecule has 2 aliphatic heterocycles. The van der Waals surface area contributed by atoms with Crippen molar-refractivity contribution in [3.05, 3.63) is 58.6 Å². The van der Waals surface area contributed by atoms with Crippen molar-refractivity contribution in [1.82, 2.24) is 10.2 Å². The molecule has 0 aliphatic carbocycles. The minimum atomic E-state index is -0.320. The lowest BCUT2D eigenvalue weighted by Crippen LogP contribution is -2.56. The number of likely N-dealkylation sites (tertiary alicyclic amines) is 1. The molecule has 0 aromatic heterocycles. The summed E-state index contributed by atoms with van der Waals surface area (Å²) in [7, 11) is 1.58. The Hall–Kier alpha value is -2.08. The number of para-hydroxylation sites is 1. The number of hydrogen-bond donors (Lipinski definition) is 2. The topological polar surface area (TPSA) is 57.1 Å². The average Bonchev–Trinajstić information content (AvgIpc) is 2.74. The number of phenols is 1. The summed E-state index contributed by atoms with van der Waals surface area (Å²) in [5.74, 6) is 0.695. The molecule has 0 saturated carbocycles. The molecule has 2 N–H and O–H groups in total. The fraction of sp³-hybridized carbons (Fsp3) is 0.435. The second-order valence-electron chi connectivity index (χ2n) is 7.83. The molecule has 2 aromatic carbocycles. The standard InChI is InChI=1S/C23H28ClN3O2/c1-3-27-13-11-23(12-14-27)25-19(16-7-9-17(24)10-8-16)15-20(26-23)18-5-4-6-21(29-2)22(18)28/h4-10,20,26,28H,3,11-15H2,1-2H3/t20-/m1/s1. The van der Waals surface area contributed by atoms with E-state index in [-0.39, 0.29) is 17.5 Å². The summed E-state index contributed by atoms with van der Waals surface area (Å²) in [5, 5.41) is 15.3. The number of phenolic OH excluding ortho intramolecular Hbond substituents is 1. The van der Waals surface area contributed by atoms with Crippen LogP contribution in [0.1, 0.15) is 43.4 Å². The maximum absolute atomic E-state index is 10.8. The van der Waals surface area contributed by atoms with Gasteiger partial charge in [0.2, 0.25) is 0 Å². The Balaban J connectivity index is 1.72. The zero-order valence-corrected chi connectivity index (χ0v) is 17.7. The SMILES string of the molecule is CCN1CCC2(CC1)N=C(c1ccc(Cl)cc1)C[C@H](c1cccc(OC)c1O)N2. The summed E-state index contributed by atoms with van der Waals surface area (Å²) in [4.78, 5) is 7.67. The first-order valence-corrected chi connectivity index (χ1v) is 10.6. The van der Waals surface area contributed by atoms with Crippen molar-refractivity contribution in [2.75, 3.05) is 26.7 Å². The van der Waals surface area contributed by atoms with Crippen molar-refractivity contribution < 1.29 is 9.84 Å². The van der Waals surface area contributed by atoms with Crippen LogP contribution < -0.4 is 10.1 Å². The number of benzene rings is 2. The normalized spacial score (nSPS) is 21.8. The number of halogens is 1. The Morgan fingerprint density at radius 3 is 2.59 bits per heavy atom. The molecule has 2 aliphatic rings. The summed E-state index contributed by atoms with van der Waals surface area (Å²) in [6.07, 6.45) is 2.58. The third kappa shape index (κ3) is 4.13. The van der Waals surface area contributed by atoms with E-state index in [0.29, 0.717) is 12.2 Å². The van der Waals surface area contributed by atoms with Gasteiger partial charge in [-0.1, -0.05) is 42.8 Å². The van der Waals surface area contributed by atoms with Crippen LogP contribution in [0.15, 0.2) is 47.5 Å². The molecule has 1 atom stereocenters. The molecule has 0 unspecified atom stereocenters. The molecule has 0 amide bonds. The lowest BCUT2D eigenvalue weighted by molar-refractivity contribution is 0.129. The Kier molecular flexibility index (Phi) is 5.81. The molecule has 0 radical (unpaired) electrons. The minimum absolute atomic E-state index is 0.0403. The molecule has 1 saturated heterocycles. The lowest BCUT2D eigenvalue weighted by atomic mass is 9.87. The van der Waals surface area contributed by atoms with Gasteiger partial charge < -0.3 is 14.7 Å². The Labute approximate surface area is 177 Å². The van der Waals surface area contributed by atoms with Gasteiger partial charge in [0.15, 0.2) is 11.5 Å². The number of rotatable bonds is 4. The van der Waals surface area contributed by atoms with Gasteiger partial charge >= 0.3 is 0 Å². The van der Waals surface area contributed by atoms with Gasteiger partial charge in [0.05, 0.1) is 7.11 Å². The van der Waals surface area contributed by atoms with Crippen LogP contribution in [0.5, 0.6) is 11.5 Å².